The zero-order valence-corrected chi connectivity index (χ0v) is 8.27. The van der Waals surface area contributed by atoms with E-state index in [1.807, 2.05) is 11.2 Å². The fourth-order valence-electron chi connectivity index (χ4n) is 1.36. The van der Waals surface area contributed by atoms with Gasteiger partial charge in [-0.25, -0.2) is 0 Å². The Bertz CT molecular complexity index is 163. The minimum absolute atomic E-state index is 0.211. The van der Waals surface area contributed by atoms with Crippen LogP contribution in [0.4, 0.5) is 0 Å². The molecule has 0 aromatic rings. The number of carbonyl (C=O) groups excluding carboxylic acids is 1. The molecule has 1 fully saturated rings. The van der Waals surface area contributed by atoms with Crippen LogP contribution in [0, 0.1) is 0 Å². The summed E-state index contributed by atoms with van der Waals surface area (Å²) >= 11 is 1.71. The van der Waals surface area contributed by atoms with Gasteiger partial charge in [-0.2, -0.15) is 11.8 Å². The highest BCUT2D eigenvalue weighted by atomic mass is 32.2. The number of hydrogen-bond donors (Lipinski definition) is 1. The Kier molecular flexibility index (Phi) is 3.88. The molecule has 0 aromatic carbocycles. The number of rotatable bonds is 3. The first-order chi connectivity index (χ1) is 5.74. The van der Waals surface area contributed by atoms with Crippen molar-refractivity contribution in [2.24, 2.45) is 5.73 Å². The van der Waals surface area contributed by atoms with Crippen LogP contribution >= 0.6 is 11.8 Å². The molecule has 1 rings (SSSR count). The molecule has 0 aromatic heterocycles. The number of nitrogens with two attached hydrogens (primary N) is 1. The molecule has 0 saturated carbocycles. The minimum atomic E-state index is 0.211. The molecule has 1 heterocycles. The van der Waals surface area contributed by atoms with Gasteiger partial charge in [0.05, 0.1) is 0 Å². The van der Waals surface area contributed by atoms with Crippen LogP contribution in [0.5, 0.6) is 0 Å². The zero-order chi connectivity index (χ0) is 8.97. The zero-order valence-electron chi connectivity index (χ0n) is 7.45. The first kappa shape index (κ1) is 9.86. The summed E-state index contributed by atoms with van der Waals surface area (Å²) in [4.78, 5) is 13.3. The van der Waals surface area contributed by atoms with Gasteiger partial charge in [0, 0.05) is 31.3 Å². The van der Waals surface area contributed by atoms with Crippen LogP contribution in [0.3, 0.4) is 0 Å². The van der Waals surface area contributed by atoms with Crippen molar-refractivity contribution >= 4 is 17.7 Å². The number of carbonyl (C=O) groups is 1. The second-order valence-electron chi connectivity index (χ2n) is 3.13. The average Bonchev–Trinajstić information content (AvgIpc) is 2.47. The maximum atomic E-state index is 11.4. The molecular weight excluding hydrogens is 172 g/mol. The van der Waals surface area contributed by atoms with Crippen LogP contribution in [0.15, 0.2) is 0 Å². The standard InChI is InChI=1S/C8H16N2OS/c1-12-5-3-8(11)10-4-2-7(9)6-10/h7H,2-6,9H2,1H3/t7-/m1/s1. The largest absolute Gasteiger partial charge is 0.341 e. The third-order valence-electron chi connectivity index (χ3n) is 2.10. The number of thioether (sulfide) groups is 1. The predicted octanol–water partition coefficient (Wildman–Crippen LogP) is 0.299. The van der Waals surface area contributed by atoms with Crippen molar-refractivity contribution in [2.45, 2.75) is 18.9 Å². The van der Waals surface area contributed by atoms with Crippen molar-refractivity contribution in [1.82, 2.24) is 4.90 Å². The maximum Gasteiger partial charge on any atom is 0.223 e. The highest BCUT2D eigenvalue weighted by Crippen LogP contribution is 2.09. The summed E-state index contributed by atoms with van der Waals surface area (Å²) in [5.74, 6) is 1.18. The molecule has 70 valence electrons. The lowest BCUT2D eigenvalue weighted by molar-refractivity contribution is -0.129. The van der Waals surface area contributed by atoms with Crippen LogP contribution in [0.1, 0.15) is 12.8 Å². The van der Waals surface area contributed by atoms with Crippen LogP contribution < -0.4 is 5.73 Å². The second-order valence-corrected chi connectivity index (χ2v) is 4.12. The van der Waals surface area contributed by atoms with Crippen LogP contribution in [-0.4, -0.2) is 41.9 Å². The van der Waals surface area contributed by atoms with Gasteiger partial charge in [-0.05, 0) is 12.7 Å². The minimum Gasteiger partial charge on any atom is -0.341 e. The van der Waals surface area contributed by atoms with Gasteiger partial charge in [0.2, 0.25) is 5.91 Å². The molecule has 0 unspecified atom stereocenters. The lowest BCUT2D eigenvalue weighted by Crippen LogP contribution is -2.31. The molecule has 1 saturated heterocycles. The predicted molar refractivity (Wildman–Crippen MR) is 52.2 cm³/mol. The first-order valence-electron chi connectivity index (χ1n) is 4.26. The number of hydrogen-bond acceptors (Lipinski definition) is 3. The third kappa shape index (κ3) is 2.68. The molecule has 0 radical (unpaired) electrons. The SMILES string of the molecule is CSCCC(=O)N1CC[C@@H](N)C1. The number of likely N-dealkylation sites (tertiary alicyclic amines) is 1. The Morgan fingerprint density at radius 2 is 2.50 bits per heavy atom. The summed E-state index contributed by atoms with van der Waals surface area (Å²) in [5.41, 5.74) is 5.69. The Morgan fingerprint density at radius 1 is 1.75 bits per heavy atom. The van der Waals surface area contributed by atoms with E-state index in [1.54, 1.807) is 11.8 Å². The van der Waals surface area contributed by atoms with Gasteiger partial charge in [0.15, 0.2) is 0 Å². The summed E-state index contributed by atoms with van der Waals surface area (Å²) in [5, 5.41) is 0. The highest BCUT2D eigenvalue weighted by molar-refractivity contribution is 7.98. The van der Waals surface area contributed by atoms with E-state index < -0.39 is 0 Å². The Labute approximate surface area is 77.7 Å². The van der Waals surface area contributed by atoms with E-state index in [-0.39, 0.29) is 11.9 Å². The van der Waals surface area contributed by atoms with Crippen molar-refractivity contribution in [2.75, 3.05) is 25.1 Å². The molecule has 1 aliphatic heterocycles. The van der Waals surface area contributed by atoms with Crippen molar-refractivity contribution in [3.8, 4) is 0 Å². The summed E-state index contributed by atoms with van der Waals surface area (Å²) in [6, 6.07) is 0.211. The Balaban J connectivity index is 2.23. The fraction of sp³-hybridized carbons (Fsp3) is 0.875. The van der Waals surface area contributed by atoms with E-state index in [0.29, 0.717) is 6.42 Å². The van der Waals surface area contributed by atoms with Crippen molar-refractivity contribution in [1.29, 1.82) is 0 Å². The molecule has 1 aliphatic rings. The molecule has 0 aliphatic carbocycles. The van der Waals surface area contributed by atoms with Gasteiger partial charge in [-0.1, -0.05) is 0 Å². The van der Waals surface area contributed by atoms with E-state index in [9.17, 15) is 4.79 Å². The second kappa shape index (κ2) is 4.72. The van der Waals surface area contributed by atoms with Crippen LogP contribution in [0.25, 0.3) is 0 Å². The molecule has 4 heteroatoms. The first-order valence-corrected chi connectivity index (χ1v) is 5.65. The third-order valence-corrected chi connectivity index (χ3v) is 2.71. The van der Waals surface area contributed by atoms with Crippen LogP contribution in [-0.2, 0) is 4.79 Å². The van der Waals surface area contributed by atoms with E-state index in [2.05, 4.69) is 0 Å². The van der Waals surface area contributed by atoms with Crippen molar-refractivity contribution in [3.05, 3.63) is 0 Å². The molecular formula is C8H16N2OS. The van der Waals surface area contributed by atoms with E-state index in [4.69, 9.17) is 5.73 Å². The molecule has 0 spiro atoms. The van der Waals surface area contributed by atoms with Crippen LogP contribution in [0.2, 0.25) is 0 Å². The Morgan fingerprint density at radius 3 is 3.00 bits per heavy atom. The number of nitrogens with zero attached hydrogens (tertiary/aromatic N) is 1. The topological polar surface area (TPSA) is 46.3 Å². The lowest BCUT2D eigenvalue weighted by Gasteiger charge is -2.14. The van der Waals surface area contributed by atoms with Crippen molar-refractivity contribution in [3.63, 3.8) is 0 Å². The lowest BCUT2D eigenvalue weighted by atomic mass is 10.3. The molecule has 0 bridgehead atoms. The van der Waals surface area contributed by atoms with E-state index in [1.165, 1.54) is 0 Å². The maximum absolute atomic E-state index is 11.4. The molecule has 12 heavy (non-hydrogen) atoms. The van der Waals surface area contributed by atoms with Gasteiger partial charge in [-0.3, -0.25) is 4.79 Å². The monoisotopic (exact) mass is 188 g/mol. The normalized spacial score (nSPS) is 23.2. The Hall–Kier alpha value is -0.220. The van der Waals surface area contributed by atoms with E-state index in [0.717, 1.165) is 25.3 Å². The van der Waals surface area contributed by atoms with Gasteiger partial charge < -0.3 is 10.6 Å². The summed E-state index contributed by atoms with van der Waals surface area (Å²) in [7, 11) is 0. The average molecular weight is 188 g/mol. The summed E-state index contributed by atoms with van der Waals surface area (Å²) in [6.45, 7) is 1.61. The highest BCUT2D eigenvalue weighted by Gasteiger charge is 2.22. The smallest absolute Gasteiger partial charge is 0.223 e. The van der Waals surface area contributed by atoms with Gasteiger partial charge >= 0.3 is 0 Å². The fourth-order valence-corrected chi connectivity index (χ4v) is 1.74. The van der Waals surface area contributed by atoms with E-state index >= 15 is 0 Å². The van der Waals surface area contributed by atoms with Gasteiger partial charge in [0.25, 0.3) is 0 Å². The summed E-state index contributed by atoms with van der Waals surface area (Å²) < 4.78 is 0. The molecule has 1 amide bonds. The number of amides is 1. The molecule has 2 N–H and O–H groups in total. The quantitative estimate of drug-likeness (QED) is 0.693. The van der Waals surface area contributed by atoms with Gasteiger partial charge in [0.1, 0.15) is 0 Å². The van der Waals surface area contributed by atoms with Gasteiger partial charge in [-0.15, -0.1) is 0 Å². The molecule has 3 nitrogen and oxygen atoms in total. The molecule has 1 atom stereocenters. The summed E-state index contributed by atoms with van der Waals surface area (Å²) in [6.07, 6.45) is 3.64. The van der Waals surface area contributed by atoms with Crippen molar-refractivity contribution < 1.29 is 4.79 Å².